The molecule has 0 atom stereocenters. The fourth-order valence-electron chi connectivity index (χ4n) is 0.976. The fourth-order valence-corrected chi connectivity index (χ4v) is 0.976. The van der Waals surface area contributed by atoms with Gasteiger partial charge in [0.1, 0.15) is 0 Å². The molecule has 0 saturated heterocycles. The van der Waals surface area contributed by atoms with Gasteiger partial charge in [-0.05, 0) is 19.3 Å². The van der Waals surface area contributed by atoms with Crippen molar-refractivity contribution < 1.29 is 5.11 Å². The Balaban J connectivity index is 3.08. The van der Waals surface area contributed by atoms with E-state index in [0.717, 1.165) is 6.42 Å². The Bertz CT molecular complexity index is 125. The molecule has 0 bridgehead atoms. The summed E-state index contributed by atoms with van der Waals surface area (Å²) < 4.78 is 0. The minimum Gasteiger partial charge on any atom is -0.392 e. The number of hydrogen-bond acceptors (Lipinski definition) is 1. The van der Waals surface area contributed by atoms with Crippen LogP contribution in [-0.4, -0.2) is 11.7 Å². The summed E-state index contributed by atoms with van der Waals surface area (Å²) in [5, 5.41) is 8.43. The topological polar surface area (TPSA) is 20.2 Å². The Labute approximate surface area is 75.8 Å². The molecule has 0 aromatic rings. The molecular formula is C11H20O. The predicted octanol–water partition coefficient (Wildman–Crippen LogP) is 3.06. The summed E-state index contributed by atoms with van der Waals surface area (Å²) in [4.78, 5) is 0. The highest BCUT2D eigenvalue weighted by atomic mass is 16.2. The third-order valence-corrected chi connectivity index (χ3v) is 1.69. The smallest absolute Gasteiger partial charge is 0.0612 e. The summed E-state index contributed by atoms with van der Waals surface area (Å²) in [6, 6.07) is 0. The van der Waals surface area contributed by atoms with E-state index in [-0.39, 0.29) is 6.61 Å². The zero-order chi connectivity index (χ0) is 9.07. The molecule has 1 N–H and O–H groups in total. The molecule has 12 heavy (non-hydrogen) atoms. The van der Waals surface area contributed by atoms with Crippen molar-refractivity contribution in [3.05, 3.63) is 24.3 Å². The maximum atomic E-state index is 8.43. The van der Waals surface area contributed by atoms with Crippen LogP contribution in [-0.2, 0) is 0 Å². The average molecular weight is 168 g/mol. The van der Waals surface area contributed by atoms with Crippen molar-refractivity contribution in [3.8, 4) is 0 Å². The number of rotatable bonds is 7. The molecule has 0 radical (unpaired) electrons. The van der Waals surface area contributed by atoms with Crippen LogP contribution in [0.25, 0.3) is 0 Å². The van der Waals surface area contributed by atoms with E-state index in [9.17, 15) is 0 Å². The summed E-state index contributed by atoms with van der Waals surface area (Å²) in [5.74, 6) is 0. The second kappa shape index (κ2) is 10.4. The first kappa shape index (κ1) is 11.4. The Kier molecular flexibility index (Phi) is 9.95. The molecule has 0 amide bonds. The zero-order valence-electron chi connectivity index (χ0n) is 8.00. The lowest BCUT2D eigenvalue weighted by Crippen LogP contribution is -1.71. The van der Waals surface area contributed by atoms with Crippen LogP contribution in [0.15, 0.2) is 24.3 Å². The molecule has 0 aliphatic heterocycles. The highest BCUT2D eigenvalue weighted by molar-refractivity contribution is 4.92. The average Bonchev–Trinajstić information content (AvgIpc) is 2.10. The largest absolute Gasteiger partial charge is 0.392 e. The minimum absolute atomic E-state index is 0.156. The van der Waals surface area contributed by atoms with Crippen LogP contribution < -0.4 is 0 Å². The SMILES string of the molecule is CCCCC/C=C\C/C=C/CO. The molecule has 0 aromatic heterocycles. The summed E-state index contributed by atoms with van der Waals surface area (Å²) >= 11 is 0. The molecule has 0 rings (SSSR count). The highest BCUT2D eigenvalue weighted by Gasteiger charge is 1.80. The van der Waals surface area contributed by atoms with E-state index < -0.39 is 0 Å². The van der Waals surface area contributed by atoms with Gasteiger partial charge in [0, 0.05) is 0 Å². The van der Waals surface area contributed by atoms with Gasteiger partial charge >= 0.3 is 0 Å². The van der Waals surface area contributed by atoms with Crippen molar-refractivity contribution in [2.24, 2.45) is 0 Å². The van der Waals surface area contributed by atoms with Crippen LogP contribution in [0.3, 0.4) is 0 Å². The second-order valence-electron chi connectivity index (χ2n) is 2.86. The molecule has 0 aromatic carbocycles. The van der Waals surface area contributed by atoms with Crippen molar-refractivity contribution in [1.82, 2.24) is 0 Å². The van der Waals surface area contributed by atoms with Crippen LogP contribution in [0.4, 0.5) is 0 Å². The third kappa shape index (κ3) is 9.44. The Morgan fingerprint density at radius 1 is 1.00 bits per heavy atom. The molecule has 0 unspecified atom stereocenters. The van der Waals surface area contributed by atoms with Crippen molar-refractivity contribution >= 4 is 0 Å². The zero-order valence-corrected chi connectivity index (χ0v) is 8.00. The van der Waals surface area contributed by atoms with Gasteiger partial charge in [0.15, 0.2) is 0 Å². The molecular weight excluding hydrogens is 148 g/mol. The number of unbranched alkanes of at least 4 members (excludes halogenated alkanes) is 3. The lowest BCUT2D eigenvalue weighted by atomic mass is 10.2. The first-order chi connectivity index (χ1) is 5.91. The minimum atomic E-state index is 0.156. The highest BCUT2D eigenvalue weighted by Crippen LogP contribution is 2.00. The predicted molar refractivity (Wildman–Crippen MR) is 54.1 cm³/mol. The van der Waals surface area contributed by atoms with Crippen molar-refractivity contribution in [2.75, 3.05) is 6.61 Å². The second-order valence-corrected chi connectivity index (χ2v) is 2.86. The molecule has 1 heteroatoms. The van der Waals surface area contributed by atoms with E-state index in [1.807, 2.05) is 6.08 Å². The van der Waals surface area contributed by atoms with Crippen LogP contribution in [0.1, 0.15) is 39.0 Å². The van der Waals surface area contributed by atoms with Crippen LogP contribution >= 0.6 is 0 Å². The quantitative estimate of drug-likeness (QED) is 0.457. The van der Waals surface area contributed by atoms with Crippen LogP contribution in [0, 0.1) is 0 Å². The van der Waals surface area contributed by atoms with E-state index in [1.165, 1.54) is 25.7 Å². The van der Waals surface area contributed by atoms with Crippen molar-refractivity contribution in [1.29, 1.82) is 0 Å². The maximum absolute atomic E-state index is 8.43. The number of allylic oxidation sites excluding steroid dienone is 3. The molecule has 0 aliphatic carbocycles. The van der Waals surface area contributed by atoms with E-state index in [1.54, 1.807) is 6.08 Å². The van der Waals surface area contributed by atoms with E-state index in [2.05, 4.69) is 19.1 Å². The molecule has 0 saturated carbocycles. The summed E-state index contributed by atoms with van der Waals surface area (Å²) in [6.45, 7) is 2.37. The van der Waals surface area contributed by atoms with E-state index >= 15 is 0 Å². The standard InChI is InChI=1S/C11H20O/c1-2-3-4-5-6-7-8-9-10-11-12/h6-7,9-10,12H,2-5,8,11H2,1H3/b7-6-,10-9+. The summed E-state index contributed by atoms with van der Waals surface area (Å²) in [5.41, 5.74) is 0. The number of hydrogen-bond donors (Lipinski definition) is 1. The first-order valence-electron chi connectivity index (χ1n) is 4.82. The lowest BCUT2D eigenvalue weighted by Gasteiger charge is -1.90. The monoisotopic (exact) mass is 168 g/mol. The van der Waals surface area contributed by atoms with Crippen LogP contribution in [0.5, 0.6) is 0 Å². The van der Waals surface area contributed by atoms with Gasteiger partial charge in [0.05, 0.1) is 6.61 Å². The maximum Gasteiger partial charge on any atom is 0.0612 e. The number of aliphatic hydroxyl groups excluding tert-OH is 1. The molecule has 0 aliphatic rings. The normalized spacial score (nSPS) is 11.8. The molecule has 0 spiro atoms. The van der Waals surface area contributed by atoms with Crippen molar-refractivity contribution in [3.63, 3.8) is 0 Å². The molecule has 70 valence electrons. The summed E-state index contributed by atoms with van der Waals surface area (Å²) in [6.07, 6.45) is 14.2. The third-order valence-electron chi connectivity index (χ3n) is 1.69. The number of aliphatic hydroxyl groups is 1. The van der Waals surface area contributed by atoms with Gasteiger partial charge in [-0.3, -0.25) is 0 Å². The summed E-state index contributed by atoms with van der Waals surface area (Å²) in [7, 11) is 0. The van der Waals surface area contributed by atoms with Gasteiger partial charge in [-0.15, -0.1) is 0 Å². The van der Waals surface area contributed by atoms with Gasteiger partial charge in [-0.1, -0.05) is 44.1 Å². The molecule has 1 nitrogen and oxygen atoms in total. The van der Waals surface area contributed by atoms with Crippen molar-refractivity contribution in [2.45, 2.75) is 39.0 Å². The van der Waals surface area contributed by atoms with Gasteiger partial charge in [-0.25, -0.2) is 0 Å². The van der Waals surface area contributed by atoms with E-state index in [0.29, 0.717) is 0 Å². The van der Waals surface area contributed by atoms with Crippen LogP contribution in [0.2, 0.25) is 0 Å². The Morgan fingerprint density at radius 3 is 2.42 bits per heavy atom. The van der Waals surface area contributed by atoms with E-state index in [4.69, 9.17) is 5.11 Å². The van der Waals surface area contributed by atoms with Gasteiger partial charge in [0.2, 0.25) is 0 Å². The fraction of sp³-hybridized carbons (Fsp3) is 0.636. The first-order valence-corrected chi connectivity index (χ1v) is 4.82. The molecule has 0 heterocycles. The van der Waals surface area contributed by atoms with Gasteiger partial charge in [0.25, 0.3) is 0 Å². The lowest BCUT2D eigenvalue weighted by molar-refractivity contribution is 0.342. The Hall–Kier alpha value is -0.560. The van der Waals surface area contributed by atoms with Gasteiger partial charge < -0.3 is 5.11 Å². The Morgan fingerprint density at radius 2 is 1.75 bits per heavy atom. The van der Waals surface area contributed by atoms with Gasteiger partial charge in [-0.2, -0.15) is 0 Å². The molecule has 0 fully saturated rings.